The van der Waals surface area contributed by atoms with E-state index in [1.165, 1.54) is 23.9 Å². The average Bonchev–Trinajstić information content (AvgIpc) is 3.37. The minimum atomic E-state index is -3.08. The summed E-state index contributed by atoms with van der Waals surface area (Å²) in [6.45, 7) is 2.30. The molecule has 2 heterocycles. The number of amides is 1. The molecule has 4 rings (SSSR count). The Kier molecular flexibility index (Phi) is 6.61. The van der Waals surface area contributed by atoms with E-state index in [1.54, 1.807) is 17.0 Å². The topological polar surface area (TPSA) is 85.2 Å². The Hall–Kier alpha value is -2.72. The molecule has 1 aromatic heterocycles. The second-order valence-electron chi connectivity index (χ2n) is 7.51. The maximum absolute atomic E-state index is 13.4. The van der Waals surface area contributed by atoms with Crippen molar-refractivity contribution in [3.05, 3.63) is 60.4 Å². The number of halogens is 1. The summed E-state index contributed by atoms with van der Waals surface area (Å²) < 4.78 is 38.9. The Morgan fingerprint density at radius 1 is 1.16 bits per heavy atom. The zero-order chi connectivity index (χ0) is 22.7. The summed E-state index contributed by atoms with van der Waals surface area (Å²) in [6.07, 6.45) is 0.474. The molecule has 1 amide bonds. The highest BCUT2D eigenvalue weighted by molar-refractivity contribution is 7.99. The Labute approximate surface area is 190 Å². The van der Waals surface area contributed by atoms with Crippen molar-refractivity contribution in [1.29, 1.82) is 0 Å². The van der Waals surface area contributed by atoms with Gasteiger partial charge in [-0.3, -0.25) is 9.36 Å². The zero-order valence-corrected chi connectivity index (χ0v) is 19.2. The molecule has 32 heavy (non-hydrogen) atoms. The van der Waals surface area contributed by atoms with Crippen molar-refractivity contribution in [1.82, 2.24) is 19.7 Å². The van der Waals surface area contributed by atoms with Crippen LogP contribution in [0.15, 0.2) is 59.8 Å². The number of sulfone groups is 1. The van der Waals surface area contributed by atoms with Crippen molar-refractivity contribution in [2.45, 2.75) is 24.5 Å². The number of rotatable bonds is 7. The molecule has 2 aromatic carbocycles. The van der Waals surface area contributed by atoms with E-state index < -0.39 is 9.84 Å². The van der Waals surface area contributed by atoms with Gasteiger partial charge >= 0.3 is 0 Å². The molecule has 0 aliphatic carbocycles. The molecule has 1 atom stereocenters. The van der Waals surface area contributed by atoms with Gasteiger partial charge < -0.3 is 4.90 Å². The average molecular weight is 475 g/mol. The van der Waals surface area contributed by atoms with Gasteiger partial charge in [-0.25, -0.2) is 12.8 Å². The third-order valence-corrected chi connectivity index (χ3v) is 8.05. The Bertz CT molecular complexity index is 1200. The third-order valence-electron chi connectivity index (χ3n) is 5.39. The Balaban J connectivity index is 1.58. The molecule has 1 aliphatic rings. The Morgan fingerprint density at radius 3 is 2.50 bits per heavy atom. The second kappa shape index (κ2) is 9.41. The third kappa shape index (κ3) is 4.86. The first-order chi connectivity index (χ1) is 15.4. The van der Waals surface area contributed by atoms with Crippen LogP contribution in [0.1, 0.15) is 13.3 Å². The predicted molar refractivity (Wildman–Crippen MR) is 122 cm³/mol. The highest BCUT2D eigenvalue weighted by Gasteiger charge is 2.34. The molecular weight excluding hydrogens is 451 g/mol. The number of para-hydroxylation sites is 1. The van der Waals surface area contributed by atoms with Crippen LogP contribution in [0.3, 0.4) is 0 Å². The van der Waals surface area contributed by atoms with Crippen LogP contribution in [0.4, 0.5) is 4.39 Å². The summed E-state index contributed by atoms with van der Waals surface area (Å²) in [5.74, 6) is 0.322. The van der Waals surface area contributed by atoms with E-state index in [0.717, 1.165) is 5.69 Å². The van der Waals surface area contributed by atoms with Crippen LogP contribution in [0.2, 0.25) is 0 Å². The number of carbonyl (C=O) groups is 1. The summed E-state index contributed by atoms with van der Waals surface area (Å²) in [5.41, 5.74) is 1.52. The molecular formula is C22H23FN4O3S2. The van der Waals surface area contributed by atoms with Gasteiger partial charge in [-0.1, -0.05) is 30.0 Å². The van der Waals surface area contributed by atoms with E-state index in [1.807, 2.05) is 41.8 Å². The molecule has 0 radical (unpaired) electrons. The van der Waals surface area contributed by atoms with E-state index in [2.05, 4.69) is 10.2 Å². The predicted octanol–water partition coefficient (Wildman–Crippen LogP) is 3.20. The molecule has 3 aromatic rings. The maximum atomic E-state index is 13.4. The van der Waals surface area contributed by atoms with Crippen molar-refractivity contribution in [2.75, 3.05) is 23.8 Å². The van der Waals surface area contributed by atoms with Gasteiger partial charge in [0, 0.05) is 23.8 Å². The molecule has 7 nitrogen and oxygen atoms in total. The summed E-state index contributed by atoms with van der Waals surface area (Å²) in [5, 5.41) is 9.11. The molecule has 0 unspecified atom stereocenters. The zero-order valence-electron chi connectivity index (χ0n) is 17.5. The van der Waals surface area contributed by atoms with Crippen molar-refractivity contribution < 1.29 is 17.6 Å². The number of aromatic nitrogens is 3. The van der Waals surface area contributed by atoms with Gasteiger partial charge in [0.15, 0.2) is 20.8 Å². The number of benzene rings is 2. The summed E-state index contributed by atoms with van der Waals surface area (Å²) in [6, 6.07) is 15.2. The molecule has 10 heteroatoms. The molecule has 0 saturated carbocycles. The van der Waals surface area contributed by atoms with Gasteiger partial charge in [0.05, 0.1) is 17.3 Å². The molecule has 1 fully saturated rings. The monoisotopic (exact) mass is 474 g/mol. The SMILES string of the molecule is CCN(C(=O)CSc1nnc(-c2ccc(F)cc2)n1-c1ccccc1)[C@H]1CCS(=O)(=O)C1. The first kappa shape index (κ1) is 22.5. The number of thioether (sulfide) groups is 1. The lowest BCUT2D eigenvalue weighted by Gasteiger charge is -2.26. The van der Waals surface area contributed by atoms with Gasteiger partial charge in [0.25, 0.3) is 0 Å². The van der Waals surface area contributed by atoms with Gasteiger partial charge in [-0.2, -0.15) is 0 Å². The number of hydrogen-bond donors (Lipinski definition) is 0. The van der Waals surface area contributed by atoms with Gasteiger partial charge in [0.1, 0.15) is 5.82 Å². The fraction of sp³-hybridized carbons (Fsp3) is 0.318. The maximum Gasteiger partial charge on any atom is 0.233 e. The summed E-state index contributed by atoms with van der Waals surface area (Å²) in [7, 11) is -3.08. The largest absolute Gasteiger partial charge is 0.338 e. The first-order valence-corrected chi connectivity index (χ1v) is 13.1. The van der Waals surface area contributed by atoms with Crippen molar-refractivity contribution in [3.8, 4) is 17.1 Å². The normalized spacial score (nSPS) is 17.4. The van der Waals surface area contributed by atoms with Crippen LogP contribution in [-0.4, -0.2) is 63.8 Å². The number of hydrogen-bond acceptors (Lipinski definition) is 6. The molecule has 0 spiro atoms. The minimum absolute atomic E-state index is 0.0200. The van der Waals surface area contributed by atoms with E-state index in [0.29, 0.717) is 29.5 Å². The van der Waals surface area contributed by atoms with Crippen molar-refractivity contribution >= 4 is 27.5 Å². The quantitative estimate of drug-likeness (QED) is 0.489. The van der Waals surface area contributed by atoms with Gasteiger partial charge in [-0.05, 0) is 49.7 Å². The lowest BCUT2D eigenvalue weighted by molar-refractivity contribution is -0.129. The van der Waals surface area contributed by atoms with E-state index >= 15 is 0 Å². The molecule has 168 valence electrons. The highest BCUT2D eigenvalue weighted by Crippen LogP contribution is 2.29. The van der Waals surface area contributed by atoms with Crippen molar-refractivity contribution in [3.63, 3.8) is 0 Å². The van der Waals surface area contributed by atoms with Crippen molar-refractivity contribution in [2.24, 2.45) is 0 Å². The first-order valence-electron chi connectivity index (χ1n) is 10.3. The molecule has 0 bridgehead atoms. The lowest BCUT2D eigenvalue weighted by atomic mass is 10.2. The molecule has 0 N–H and O–H groups in total. The molecule has 1 saturated heterocycles. The standard InChI is InChI=1S/C22H23FN4O3S2/c1-2-26(19-12-13-32(29,30)15-19)20(28)14-31-22-25-24-21(16-8-10-17(23)11-9-16)27(22)18-6-4-3-5-7-18/h3-11,19H,2,12-15H2,1H3/t19-/m0/s1. The second-order valence-corrected chi connectivity index (χ2v) is 10.7. The van der Waals surface area contributed by atoms with Gasteiger partial charge in [0.2, 0.25) is 5.91 Å². The summed E-state index contributed by atoms with van der Waals surface area (Å²) >= 11 is 1.25. The number of nitrogens with zero attached hydrogens (tertiary/aromatic N) is 4. The lowest BCUT2D eigenvalue weighted by Crippen LogP contribution is -2.42. The minimum Gasteiger partial charge on any atom is -0.338 e. The fourth-order valence-corrected chi connectivity index (χ4v) is 6.40. The van der Waals surface area contributed by atoms with E-state index in [-0.39, 0.29) is 35.0 Å². The highest BCUT2D eigenvalue weighted by atomic mass is 32.2. The Morgan fingerprint density at radius 2 is 1.88 bits per heavy atom. The smallest absolute Gasteiger partial charge is 0.233 e. The fourth-order valence-electron chi connectivity index (χ4n) is 3.83. The van der Waals surface area contributed by atoms with Crippen LogP contribution >= 0.6 is 11.8 Å². The van der Waals surface area contributed by atoms with Gasteiger partial charge in [-0.15, -0.1) is 10.2 Å². The van der Waals surface area contributed by atoms with E-state index in [9.17, 15) is 17.6 Å². The van der Waals surface area contributed by atoms with Crippen LogP contribution in [0.25, 0.3) is 17.1 Å². The van der Waals surface area contributed by atoms with E-state index in [4.69, 9.17) is 0 Å². The number of carbonyl (C=O) groups excluding carboxylic acids is 1. The molecule has 1 aliphatic heterocycles. The summed E-state index contributed by atoms with van der Waals surface area (Å²) in [4.78, 5) is 14.6. The van der Waals surface area contributed by atoms with Crippen LogP contribution < -0.4 is 0 Å². The van der Waals surface area contributed by atoms with Crippen LogP contribution in [0.5, 0.6) is 0 Å². The van der Waals surface area contributed by atoms with Crippen LogP contribution in [0, 0.1) is 5.82 Å². The van der Waals surface area contributed by atoms with Crippen LogP contribution in [-0.2, 0) is 14.6 Å².